The zero-order chi connectivity index (χ0) is 22.6. The van der Waals surface area contributed by atoms with E-state index < -0.39 is 11.6 Å². The highest BCUT2D eigenvalue weighted by Crippen LogP contribution is 2.69. The number of nitrogens with zero attached hydrogens (tertiary/aromatic N) is 4. The molecule has 9 heteroatoms. The highest BCUT2D eigenvalue weighted by atomic mass is 19.1. The van der Waals surface area contributed by atoms with Crippen molar-refractivity contribution in [2.75, 3.05) is 6.54 Å². The first-order valence-electron chi connectivity index (χ1n) is 11.0. The maximum absolute atomic E-state index is 13.6. The molecule has 7 rings (SSSR count). The number of alkyl halides is 1. The zero-order valence-electron chi connectivity index (χ0n) is 17.9. The Hall–Kier alpha value is -3.59. The number of nitrogens with one attached hydrogen (secondary N) is 2. The first-order chi connectivity index (χ1) is 15.9. The second-order valence-corrected chi connectivity index (χ2v) is 9.41. The minimum atomic E-state index is -0.857. The summed E-state index contributed by atoms with van der Waals surface area (Å²) in [5, 5.41) is 6.24. The quantitative estimate of drug-likeness (QED) is 0.454. The van der Waals surface area contributed by atoms with E-state index in [1.54, 1.807) is 24.4 Å². The van der Waals surface area contributed by atoms with Gasteiger partial charge in [-0.3, -0.25) is 14.0 Å². The van der Waals surface area contributed by atoms with Gasteiger partial charge in [0.1, 0.15) is 22.7 Å². The molecule has 4 heterocycles. The van der Waals surface area contributed by atoms with Crippen LogP contribution >= 0.6 is 0 Å². The molecule has 4 aromatic heterocycles. The van der Waals surface area contributed by atoms with E-state index in [0.29, 0.717) is 37.1 Å². The molecule has 1 amide bonds. The van der Waals surface area contributed by atoms with Gasteiger partial charge in [0.2, 0.25) is 0 Å². The van der Waals surface area contributed by atoms with Crippen molar-refractivity contribution in [3.8, 4) is 0 Å². The third-order valence-electron chi connectivity index (χ3n) is 6.70. The topological polar surface area (TPSA) is 92.8 Å². The molecule has 4 aromatic rings. The lowest BCUT2D eigenvalue weighted by molar-refractivity contribution is -0.209. The highest BCUT2D eigenvalue weighted by molar-refractivity contribution is 5.92. The van der Waals surface area contributed by atoms with Crippen LogP contribution < -0.4 is 16.2 Å². The molecule has 33 heavy (non-hydrogen) atoms. The van der Waals surface area contributed by atoms with E-state index in [9.17, 15) is 14.0 Å². The molecular formula is C24H23FN6O2. The Kier molecular flexibility index (Phi) is 4.38. The monoisotopic (exact) mass is 446 g/mol. The lowest BCUT2D eigenvalue weighted by Crippen LogP contribution is -2.67. The molecule has 0 spiro atoms. The van der Waals surface area contributed by atoms with Crippen LogP contribution in [0.3, 0.4) is 0 Å². The standard InChI is InChI=1S/C24H23FN6O2/c25-24-12-23(13-24,14-24)15-26-8-16-4-5-19-28-17(11-30(19)10-16)9-27-22(33)18-7-21(32)31-6-2-1-3-20(31)29-18/h1-7,10-11,26H,8-9,12-15H2,(H,27,33). The molecule has 0 aliphatic heterocycles. The summed E-state index contributed by atoms with van der Waals surface area (Å²) in [6.45, 7) is 1.78. The first kappa shape index (κ1) is 20.0. The minimum Gasteiger partial charge on any atom is -0.345 e. The van der Waals surface area contributed by atoms with Crippen LogP contribution in [0, 0.1) is 5.41 Å². The molecule has 2 N–H and O–H groups in total. The van der Waals surface area contributed by atoms with Gasteiger partial charge >= 0.3 is 0 Å². The predicted molar refractivity (Wildman–Crippen MR) is 120 cm³/mol. The van der Waals surface area contributed by atoms with Crippen molar-refractivity contribution in [1.82, 2.24) is 29.4 Å². The lowest BCUT2D eigenvalue weighted by Gasteiger charge is -2.66. The third-order valence-corrected chi connectivity index (χ3v) is 6.70. The van der Waals surface area contributed by atoms with Crippen LogP contribution in [0.15, 0.2) is 59.8 Å². The van der Waals surface area contributed by atoms with Crippen molar-refractivity contribution in [2.45, 2.75) is 38.0 Å². The van der Waals surface area contributed by atoms with Crippen molar-refractivity contribution >= 4 is 17.2 Å². The number of halogens is 1. The SMILES string of the molecule is O=C(NCc1cn2cc(CNCC34CC(F)(C3)C4)ccc2n1)c1cc(=O)n2ccccc2n1. The Morgan fingerprint density at radius 1 is 1.06 bits per heavy atom. The second-order valence-electron chi connectivity index (χ2n) is 9.41. The van der Waals surface area contributed by atoms with Crippen LogP contribution in [0.25, 0.3) is 11.3 Å². The number of hydrogen-bond acceptors (Lipinski definition) is 5. The fourth-order valence-electron chi connectivity index (χ4n) is 5.23. The first-order valence-corrected chi connectivity index (χ1v) is 11.0. The molecule has 0 saturated heterocycles. The molecule has 0 radical (unpaired) electrons. The number of carbonyl (C=O) groups is 1. The average Bonchev–Trinajstić information content (AvgIpc) is 3.17. The second kappa shape index (κ2) is 7.21. The number of rotatable bonds is 7. The Morgan fingerprint density at radius 2 is 1.91 bits per heavy atom. The smallest absolute Gasteiger partial charge is 0.270 e. The maximum atomic E-state index is 13.6. The van der Waals surface area contributed by atoms with E-state index in [1.165, 1.54) is 10.5 Å². The van der Waals surface area contributed by atoms with E-state index in [2.05, 4.69) is 20.6 Å². The van der Waals surface area contributed by atoms with Gasteiger partial charge < -0.3 is 15.0 Å². The summed E-state index contributed by atoms with van der Waals surface area (Å²) in [4.78, 5) is 33.6. The van der Waals surface area contributed by atoms with Crippen LogP contribution in [-0.4, -0.2) is 36.9 Å². The van der Waals surface area contributed by atoms with Gasteiger partial charge in [0.15, 0.2) is 0 Å². The number of amides is 1. The Balaban J connectivity index is 1.09. The lowest BCUT2D eigenvalue weighted by atomic mass is 9.42. The van der Waals surface area contributed by atoms with Crippen LogP contribution in [0.1, 0.15) is 41.0 Å². The van der Waals surface area contributed by atoms with Crippen molar-refractivity contribution in [2.24, 2.45) is 5.41 Å². The molecule has 3 aliphatic rings. The van der Waals surface area contributed by atoms with Gasteiger partial charge in [-0.25, -0.2) is 14.4 Å². The van der Waals surface area contributed by atoms with E-state index >= 15 is 0 Å². The molecule has 0 aromatic carbocycles. The molecule has 3 fully saturated rings. The van der Waals surface area contributed by atoms with E-state index in [-0.39, 0.29) is 23.2 Å². The number of carbonyl (C=O) groups excluding carboxylic acids is 1. The van der Waals surface area contributed by atoms with Gasteiger partial charge in [-0.05, 0) is 48.4 Å². The fraction of sp³-hybridized carbons (Fsp3) is 0.333. The summed E-state index contributed by atoms with van der Waals surface area (Å²) < 4.78 is 17.0. The van der Waals surface area contributed by atoms with Gasteiger partial charge in [0, 0.05) is 37.7 Å². The molecule has 3 aliphatic carbocycles. The van der Waals surface area contributed by atoms with Crippen LogP contribution in [0.5, 0.6) is 0 Å². The number of pyridine rings is 2. The minimum absolute atomic E-state index is 0.0747. The molecule has 0 unspecified atom stereocenters. The van der Waals surface area contributed by atoms with Crippen LogP contribution in [-0.2, 0) is 13.1 Å². The number of hydrogen-bond donors (Lipinski definition) is 2. The fourth-order valence-corrected chi connectivity index (χ4v) is 5.23. The Morgan fingerprint density at radius 3 is 2.73 bits per heavy atom. The van der Waals surface area contributed by atoms with Crippen molar-refractivity contribution in [1.29, 1.82) is 0 Å². The van der Waals surface area contributed by atoms with E-state index in [0.717, 1.165) is 17.8 Å². The predicted octanol–water partition coefficient (Wildman–Crippen LogP) is 2.25. The zero-order valence-corrected chi connectivity index (χ0v) is 17.9. The van der Waals surface area contributed by atoms with Gasteiger partial charge in [-0.15, -0.1) is 0 Å². The van der Waals surface area contributed by atoms with Crippen molar-refractivity contribution < 1.29 is 9.18 Å². The van der Waals surface area contributed by atoms with Crippen LogP contribution in [0.4, 0.5) is 4.39 Å². The molecular weight excluding hydrogens is 423 g/mol. The summed E-state index contributed by atoms with van der Waals surface area (Å²) in [5.74, 6) is -0.427. The molecule has 0 atom stereocenters. The third kappa shape index (κ3) is 3.58. The number of imidazole rings is 1. The summed E-state index contributed by atoms with van der Waals surface area (Å²) in [5.41, 5.74) is 2.11. The summed E-state index contributed by atoms with van der Waals surface area (Å²) in [7, 11) is 0. The number of aromatic nitrogens is 4. The van der Waals surface area contributed by atoms with Crippen molar-refractivity contribution in [3.63, 3.8) is 0 Å². The highest BCUT2D eigenvalue weighted by Gasteiger charge is 2.68. The average molecular weight is 446 g/mol. The van der Waals surface area contributed by atoms with Gasteiger partial charge in [-0.2, -0.15) is 0 Å². The number of fused-ring (bicyclic) bond motifs is 2. The van der Waals surface area contributed by atoms with E-state index in [1.807, 2.05) is 28.9 Å². The summed E-state index contributed by atoms with van der Waals surface area (Å²) in [6, 6.07) is 10.4. The largest absolute Gasteiger partial charge is 0.345 e. The normalized spacial score (nSPS) is 23.3. The molecule has 8 nitrogen and oxygen atoms in total. The molecule has 168 valence electrons. The van der Waals surface area contributed by atoms with E-state index in [4.69, 9.17) is 0 Å². The molecule has 2 bridgehead atoms. The summed E-state index contributed by atoms with van der Waals surface area (Å²) >= 11 is 0. The van der Waals surface area contributed by atoms with Crippen LogP contribution in [0.2, 0.25) is 0 Å². The molecule has 3 saturated carbocycles. The Labute approximate surface area is 188 Å². The van der Waals surface area contributed by atoms with Crippen molar-refractivity contribution in [3.05, 3.63) is 82.3 Å². The summed E-state index contributed by atoms with van der Waals surface area (Å²) in [6.07, 6.45) is 7.59. The van der Waals surface area contributed by atoms with Gasteiger partial charge in [0.05, 0.1) is 12.2 Å². The maximum Gasteiger partial charge on any atom is 0.270 e. The van der Waals surface area contributed by atoms with Gasteiger partial charge in [0.25, 0.3) is 11.5 Å². The van der Waals surface area contributed by atoms with Gasteiger partial charge in [-0.1, -0.05) is 12.1 Å². The Bertz CT molecular complexity index is 1440.